The lowest BCUT2D eigenvalue weighted by Gasteiger charge is -2.35. The molecule has 1 N–H and O–H groups in total. The predicted octanol–water partition coefficient (Wildman–Crippen LogP) is 5.11. The maximum atomic E-state index is 13.8. The van der Waals surface area contributed by atoms with Gasteiger partial charge in [0.15, 0.2) is 0 Å². The first-order valence-corrected chi connectivity index (χ1v) is 9.47. The van der Waals surface area contributed by atoms with E-state index in [1.165, 1.54) is 11.0 Å². The van der Waals surface area contributed by atoms with Crippen LogP contribution in [0.5, 0.6) is 0 Å². The summed E-state index contributed by atoms with van der Waals surface area (Å²) in [5.74, 6) is -2.16. The second kappa shape index (κ2) is 7.72. The van der Waals surface area contributed by atoms with Crippen molar-refractivity contribution in [2.75, 3.05) is 31.1 Å². The van der Waals surface area contributed by atoms with Gasteiger partial charge in [0.25, 0.3) is 5.91 Å². The number of rotatable bonds is 2. The van der Waals surface area contributed by atoms with Crippen molar-refractivity contribution >= 4 is 22.5 Å². The fourth-order valence-electron chi connectivity index (χ4n) is 3.66. The number of halogens is 7. The summed E-state index contributed by atoms with van der Waals surface area (Å²) in [5.41, 5.74) is -1.55. The minimum absolute atomic E-state index is 0.154. The summed E-state index contributed by atoms with van der Waals surface area (Å²) in [6, 6.07) is 5.32. The summed E-state index contributed by atoms with van der Waals surface area (Å²) in [7, 11) is 0. The molecule has 11 heteroatoms. The largest absolute Gasteiger partial charge is 0.419 e. The van der Waals surface area contributed by atoms with Crippen molar-refractivity contribution in [3.8, 4) is 0 Å². The van der Waals surface area contributed by atoms with E-state index >= 15 is 0 Å². The Labute approximate surface area is 177 Å². The molecule has 0 spiro atoms. The number of hydrogen-bond acceptors (Lipinski definition) is 2. The van der Waals surface area contributed by atoms with Gasteiger partial charge in [0.1, 0.15) is 5.82 Å². The third-order valence-corrected chi connectivity index (χ3v) is 5.32. The van der Waals surface area contributed by atoms with Crippen molar-refractivity contribution in [1.29, 1.82) is 0 Å². The topological polar surface area (TPSA) is 39.3 Å². The molecule has 32 heavy (non-hydrogen) atoms. The monoisotopic (exact) mass is 458 g/mol. The number of aromatic amines is 1. The van der Waals surface area contributed by atoms with Gasteiger partial charge in [0.2, 0.25) is 0 Å². The molecule has 4 nitrogen and oxygen atoms in total. The maximum Gasteiger partial charge on any atom is 0.419 e. The molecular formula is C21H15F7N3O. The van der Waals surface area contributed by atoms with Gasteiger partial charge in [-0.1, -0.05) is 0 Å². The van der Waals surface area contributed by atoms with Gasteiger partial charge in [0, 0.05) is 42.6 Å². The van der Waals surface area contributed by atoms with Gasteiger partial charge in [-0.25, -0.2) is 4.39 Å². The summed E-state index contributed by atoms with van der Waals surface area (Å²) >= 11 is 0. The van der Waals surface area contributed by atoms with Crippen molar-refractivity contribution < 1.29 is 35.5 Å². The lowest BCUT2D eigenvalue weighted by molar-refractivity contribution is -0.140. The van der Waals surface area contributed by atoms with Crippen LogP contribution in [0.25, 0.3) is 10.9 Å². The van der Waals surface area contributed by atoms with Gasteiger partial charge in [-0.3, -0.25) is 4.79 Å². The van der Waals surface area contributed by atoms with E-state index in [0.29, 0.717) is 28.7 Å². The van der Waals surface area contributed by atoms with Gasteiger partial charge in [0.05, 0.1) is 23.0 Å². The van der Waals surface area contributed by atoms with E-state index in [4.69, 9.17) is 0 Å². The van der Waals surface area contributed by atoms with Gasteiger partial charge in [-0.15, -0.1) is 0 Å². The van der Waals surface area contributed by atoms with Crippen molar-refractivity contribution in [2.45, 2.75) is 12.4 Å². The summed E-state index contributed by atoms with van der Waals surface area (Å²) < 4.78 is 91.1. The Kier molecular flexibility index (Phi) is 5.30. The van der Waals surface area contributed by atoms with Gasteiger partial charge in [-0.05, 0) is 36.4 Å². The number of carbonyl (C=O) groups is 1. The molecular weight excluding hydrogens is 443 g/mol. The quantitative estimate of drug-likeness (QED) is 0.543. The van der Waals surface area contributed by atoms with E-state index in [9.17, 15) is 35.5 Å². The third-order valence-electron chi connectivity index (χ3n) is 5.32. The molecule has 2 heterocycles. The highest BCUT2D eigenvalue weighted by Gasteiger charge is 2.35. The van der Waals surface area contributed by atoms with Crippen LogP contribution in [0.2, 0.25) is 0 Å². The molecule has 2 aromatic carbocycles. The van der Waals surface area contributed by atoms with Gasteiger partial charge in [-0.2, -0.15) is 26.3 Å². The molecule has 1 aliphatic rings. The number of amides is 1. The molecule has 169 valence electrons. The van der Waals surface area contributed by atoms with Crippen LogP contribution in [-0.2, 0) is 12.4 Å². The smallest absolute Gasteiger partial charge is 0.366 e. The van der Waals surface area contributed by atoms with Gasteiger partial charge < -0.3 is 14.8 Å². The third kappa shape index (κ3) is 4.11. The normalized spacial score (nSPS) is 15.5. The molecule has 0 aliphatic carbocycles. The van der Waals surface area contributed by atoms with Crippen LogP contribution < -0.4 is 4.90 Å². The maximum absolute atomic E-state index is 13.8. The fraction of sp³-hybridized carbons (Fsp3) is 0.286. The molecule has 0 bridgehead atoms. The predicted molar refractivity (Wildman–Crippen MR) is 102 cm³/mol. The zero-order valence-electron chi connectivity index (χ0n) is 16.2. The highest BCUT2D eigenvalue weighted by molar-refractivity contribution is 5.95. The second-order valence-electron chi connectivity index (χ2n) is 7.33. The standard InChI is InChI=1S/C21H15F7N3O/c22-16-9-12(1-3-15(16)21(26,27)28)19(32)31-7-5-30(6-8-31)18-11-29-17-4-2-13(10-14(17)18)20(23,24)25/h1-4,9-10,29H,5-8H2. The number of aromatic nitrogens is 1. The van der Waals surface area contributed by atoms with Crippen LogP contribution in [0.3, 0.4) is 0 Å². The summed E-state index contributed by atoms with van der Waals surface area (Å²) in [4.78, 5) is 18.5. The van der Waals surface area contributed by atoms with E-state index in [1.54, 1.807) is 4.90 Å². The highest BCUT2D eigenvalue weighted by Crippen LogP contribution is 2.35. The Morgan fingerprint density at radius 1 is 0.906 bits per heavy atom. The molecule has 1 aliphatic heterocycles. The van der Waals surface area contributed by atoms with Crippen LogP contribution in [0.15, 0.2) is 36.4 Å². The average Bonchev–Trinajstić information content (AvgIpc) is 3.15. The summed E-state index contributed by atoms with van der Waals surface area (Å²) in [5, 5.41) is 0.337. The van der Waals surface area contributed by atoms with Crippen LogP contribution >= 0.6 is 0 Å². The number of fused-ring (bicyclic) bond motifs is 1. The Bertz CT molecular complexity index is 1160. The number of H-pyrrole nitrogens is 1. The number of nitrogens with one attached hydrogen (secondary N) is 1. The number of carbonyl (C=O) groups excluding carboxylic acids is 1. The lowest BCUT2D eigenvalue weighted by Crippen LogP contribution is -2.48. The molecule has 0 unspecified atom stereocenters. The fourth-order valence-corrected chi connectivity index (χ4v) is 3.66. The van der Waals surface area contributed by atoms with Crippen molar-refractivity contribution in [3.05, 3.63) is 65.1 Å². The molecule has 3 aromatic rings. The SMILES string of the molecule is O=C(c1ccc(C(F)(F)F)c(F)c1)N1CCN(c2[c][nH]c3ccc(C(F)(F)F)cc23)CC1. The van der Waals surface area contributed by atoms with Crippen LogP contribution in [0.4, 0.5) is 36.4 Å². The zero-order valence-corrected chi connectivity index (χ0v) is 16.2. The first kappa shape index (κ1) is 22.0. The number of nitrogens with zero attached hydrogens (tertiary/aromatic N) is 2. The molecule has 1 radical (unpaired) electrons. The number of benzene rings is 2. The van der Waals surface area contributed by atoms with Gasteiger partial charge >= 0.3 is 12.4 Å². The molecule has 1 amide bonds. The van der Waals surface area contributed by atoms with Crippen molar-refractivity contribution in [2.24, 2.45) is 0 Å². The Morgan fingerprint density at radius 3 is 2.19 bits per heavy atom. The molecule has 1 aromatic heterocycles. The van der Waals surface area contributed by atoms with Crippen LogP contribution in [0.1, 0.15) is 21.5 Å². The number of anilines is 1. The Balaban J connectivity index is 1.49. The lowest BCUT2D eigenvalue weighted by atomic mass is 10.1. The first-order chi connectivity index (χ1) is 14.9. The number of piperazine rings is 1. The van der Waals surface area contributed by atoms with E-state index in [-0.39, 0.29) is 31.7 Å². The Hall–Kier alpha value is -3.24. The van der Waals surface area contributed by atoms with E-state index in [0.717, 1.165) is 18.2 Å². The van der Waals surface area contributed by atoms with Crippen molar-refractivity contribution in [1.82, 2.24) is 9.88 Å². The molecule has 0 atom stereocenters. The molecule has 4 rings (SSSR count). The second-order valence-corrected chi connectivity index (χ2v) is 7.33. The van der Waals surface area contributed by atoms with Crippen LogP contribution in [-0.4, -0.2) is 42.0 Å². The average molecular weight is 458 g/mol. The van der Waals surface area contributed by atoms with E-state index in [2.05, 4.69) is 11.2 Å². The molecule has 1 fully saturated rings. The molecule has 0 saturated carbocycles. The number of alkyl halides is 6. The highest BCUT2D eigenvalue weighted by atomic mass is 19.4. The van der Waals surface area contributed by atoms with Crippen LogP contribution in [0, 0.1) is 12.0 Å². The van der Waals surface area contributed by atoms with Crippen molar-refractivity contribution in [3.63, 3.8) is 0 Å². The zero-order chi connectivity index (χ0) is 23.3. The molecule has 1 saturated heterocycles. The van der Waals surface area contributed by atoms with E-state index < -0.39 is 35.2 Å². The Morgan fingerprint density at radius 2 is 1.59 bits per heavy atom. The summed E-state index contributed by atoms with van der Waals surface area (Å²) in [6.07, 6.45) is -6.52. The summed E-state index contributed by atoms with van der Waals surface area (Å²) in [6.45, 7) is 0.824. The minimum Gasteiger partial charge on any atom is -0.366 e. The minimum atomic E-state index is -4.86. The first-order valence-electron chi connectivity index (χ1n) is 9.47. The number of hydrogen-bond donors (Lipinski definition) is 1. The van der Waals surface area contributed by atoms with E-state index in [1.807, 2.05) is 0 Å².